The maximum absolute atomic E-state index is 13.3. The van der Waals surface area contributed by atoms with E-state index in [0.29, 0.717) is 25.3 Å². The first-order valence-electron chi connectivity index (χ1n) is 9.17. The molecule has 2 aliphatic rings. The fourth-order valence-corrected chi connectivity index (χ4v) is 5.74. The first kappa shape index (κ1) is 17.6. The number of aromatic nitrogens is 3. The largest absolute Gasteiger partial charge is 0.306 e. The van der Waals surface area contributed by atoms with Crippen molar-refractivity contribution in [3.8, 4) is 11.4 Å². The number of aryl methyl sites for hydroxylation is 1. The maximum Gasteiger partial charge on any atom is 0.214 e. The molecule has 1 saturated heterocycles. The van der Waals surface area contributed by atoms with Crippen molar-refractivity contribution in [1.29, 1.82) is 0 Å². The van der Waals surface area contributed by atoms with Crippen molar-refractivity contribution >= 4 is 10.0 Å². The Morgan fingerprint density at radius 3 is 2.69 bits per heavy atom. The van der Waals surface area contributed by atoms with Gasteiger partial charge in [-0.15, -0.1) is 10.2 Å². The predicted molar refractivity (Wildman–Crippen MR) is 96.5 cm³/mol. The van der Waals surface area contributed by atoms with Gasteiger partial charge in [0.2, 0.25) is 10.0 Å². The average molecular weight is 378 g/mol. The summed E-state index contributed by atoms with van der Waals surface area (Å²) in [7, 11) is -3.22. The summed E-state index contributed by atoms with van der Waals surface area (Å²) in [4.78, 5) is 0. The highest BCUT2D eigenvalue weighted by molar-refractivity contribution is 7.89. The lowest BCUT2D eigenvalue weighted by atomic mass is 9.98. The molecule has 3 heterocycles. The molecule has 0 spiro atoms. The van der Waals surface area contributed by atoms with Gasteiger partial charge in [0.05, 0.1) is 11.8 Å². The van der Waals surface area contributed by atoms with E-state index in [-0.39, 0.29) is 23.5 Å². The molecule has 2 aromatic rings. The van der Waals surface area contributed by atoms with E-state index in [0.717, 1.165) is 30.7 Å². The monoisotopic (exact) mass is 378 g/mol. The number of sulfonamides is 1. The van der Waals surface area contributed by atoms with Crippen LogP contribution in [0.3, 0.4) is 0 Å². The van der Waals surface area contributed by atoms with Gasteiger partial charge in [0.15, 0.2) is 5.82 Å². The van der Waals surface area contributed by atoms with Crippen molar-refractivity contribution < 1.29 is 12.8 Å². The second-order valence-corrected chi connectivity index (χ2v) is 9.26. The zero-order valence-electron chi connectivity index (χ0n) is 14.8. The van der Waals surface area contributed by atoms with Gasteiger partial charge in [0.1, 0.15) is 11.6 Å². The van der Waals surface area contributed by atoms with Crippen LogP contribution in [-0.4, -0.2) is 46.3 Å². The number of fused-ring (bicyclic) bond motifs is 3. The molecule has 1 aromatic carbocycles. The smallest absolute Gasteiger partial charge is 0.214 e. The molecule has 2 atom stereocenters. The van der Waals surface area contributed by atoms with Gasteiger partial charge in [-0.05, 0) is 49.4 Å². The second kappa shape index (κ2) is 6.74. The van der Waals surface area contributed by atoms with Crippen LogP contribution < -0.4 is 0 Å². The van der Waals surface area contributed by atoms with Crippen LogP contribution in [-0.2, 0) is 16.4 Å². The van der Waals surface area contributed by atoms with Crippen molar-refractivity contribution in [2.24, 2.45) is 5.92 Å². The predicted octanol–water partition coefficient (Wildman–Crippen LogP) is 2.63. The molecule has 0 aliphatic carbocycles. The molecule has 0 unspecified atom stereocenters. The summed E-state index contributed by atoms with van der Waals surface area (Å²) in [6.07, 6.45) is 3.41. The second-order valence-electron chi connectivity index (χ2n) is 7.17. The molecule has 0 saturated carbocycles. The molecule has 8 heteroatoms. The van der Waals surface area contributed by atoms with E-state index in [1.165, 1.54) is 12.1 Å². The molecule has 0 amide bonds. The summed E-state index contributed by atoms with van der Waals surface area (Å²) in [5.74, 6) is 1.75. The molecular formula is C18H23FN4O2S. The molecule has 140 valence electrons. The van der Waals surface area contributed by atoms with E-state index in [1.54, 1.807) is 16.4 Å². The van der Waals surface area contributed by atoms with Crippen LogP contribution in [0.25, 0.3) is 11.4 Å². The Bertz CT molecular complexity index is 894. The normalized spacial score (nSPS) is 23.5. The third-order valence-corrected chi connectivity index (χ3v) is 7.41. The Hall–Kier alpha value is -1.80. The molecule has 0 radical (unpaired) electrons. The molecule has 4 rings (SSSR count). The van der Waals surface area contributed by atoms with Gasteiger partial charge in [-0.1, -0.05) is 6.92 Å². The summed E-state index contributed by atoms with van der Waals surface area (Å²) in [5.41, 5.74) is 0.806. The molecule has 0 bridgehead atoms. The molecule has 1 aromatic heterocycles. The first-order valence-corrected chi connectivity index (χ1v) is 10.8. The fraction of sp³-hybridized carbons (Fsp3) is 0.556. The molecule has 6 nitrogen and oxygen atoms in total. The van der Waals surface area contributed by atoms with E-state index in [9.17, 15) is 12.8 Å². The van der Waals surface area contributed by atoms with E-state index in [1.807, 2.05) is 6.92 Å². The molecule has 0 N–H and O–H groups in total. The quantitative estimate of drug-likeness (QED) is 0.820. The van der Waals surface area contributed by atoms with Gasteiger partial charge in [-0.25, -0.2) is 12.8 Å². The fourth-order valence-electron chi connectivity index (χ4n) is 4.17. The SMILES string of the molecule is CCCS(=O)(=O)N1C[C@H]2CCCc3nnc(-c4ccc(F)cc4)n3[C@H]2C1. The van der Waals surface area contributed by atoms with Gasteiger partial charge < -0.3 is 4.57 Å². The Balaban J connectivity index is 1.72. The van der Waals surface area contributed by atoms with Crippen LogP contribution in [0.5, 0.6) is 0 Å². The Labute approximate surface area is 153 Å². The minimum Gasteiger partial charge on any atom is -0.306 e. The summed E-state index contributed by atoms with van der Waals surface area (Å²) in [5, 5.41) is 8.70. The van der Waals surface area contributed by atoms with E-state index in [2.05, 4.69) is 14.8 Å². The number of rotatable bonds is 4. The molecule has 2 aliphatic heterocycles. The minimum atomic E-state index is -3.22. The highest BCUT2D eigenvalue weighted by Gasteiger charge is 2.42. The number of hydrogen-bond donors (Lipinski definition) is 0. The molecule has 26 heavy (non-hydrogen) atoms. The van der Waals surface area contributed by atoms with Crippen molar-refractivity contribution in [1.82, 2.24) is 19.1 Å². The summed E-state index contributed by atoms with van der Waals surface area (Å²) in [6, 6.07) is 6.27. The number of benzene rings is 1. The van der Waals surface area contributed by atoms with Crippen LogP contribution in [0.1, 0.15) is 38.1 Å². The summed E-state index contributed by atoms with van der Waals surface area (Å²) >= 11 is 0. The van der Waals surface area contributed by atoms with Gasteiger partial charge >= 0.3 is 0 Å². The van der Waals surface area contributed by atoms with Crippen molar-refractivity contribution in [3.63, 3.8) is 0 Å². The van der Waals surface area contributed by atoms with Gasteiger partial charge in [-0.2, -0.15) is 4.31 Å². The lowest BCUT2D eigenvalue weighted by Gasteiger charge is -2.20. The van der Waals surface area contributed by atoms with Gasteiger partial charge in [0.25, 0.3) is 0 Å². The van der Waals surface area contributed by atoms with Gasteiger partial charge in [-0.3, -0.25) is 0 Å². The van der Waals surface area contributed by atoms with E-state index in [4.69, 9.17) is 0 Å². The zero-order valence-corrected chi connectivity index (χ0v) is 15.6. The van der Waals surface area contributed by atoms with E-state index < -0.39 is 10.0 Å². The standard InChI is InChI=1S/C18H23FN4O2S/c1-2-10-26(24,25)22-11-14-4-3-5-17-20-21-18(23(17)16(14)12-22)13-6-8-15(19)9-7-13/h6-9,14,16H,2-5,10-12H2,1H3/t14-,16+/m1/s1. The number of hydrogen-bond acceptors (Lipinski definition) is 4. The lowest BCUT2D eigenvalue weighted by molar-refractivity contribution is 0.400. The maximum atomic E-state index is 13.3. The highest BCUT2D eigenvalue weighted by atomic mass is 32.2. The Morgan fingerprint density at radius 1 is 1.19 bits per heavy atom. The highest BCUT2D eigenvalue weighted by Crippen LogP contribution is 2.39. The van der Waals surface area contributed by atoms with Gasteiger partial charge in [0, 0.05) is 25.1 Å². The topological polar surface area (TPSA) is 68.1 Å². The van der Waals surface area contributed by atoms with Crippen molar-refractivity contribution in [3.05, 3.63) is 35.9 Å². The van der Waals surface area contributed by atoms with E-state index >= 15 is 0 Å². The average Bonchev–Trinajstić information content (AvgIpc) is 3.17. The van der Waals surface area contributed by atoms with Crippen LogP contribution in [0, 0.1) is 11.7 Å². The zero-order chi connectivity index (χ0) is 18.3. The van der Waals surface area contributed by atoms with Crippen LogP contribution in [0.2, 0.25) is 0 Å². The Morgan fingerprint density at radius 2 is 1.96 bits per heavy atom. The van der Waals surface area contributed by atoms with Crippen LogP contribution >= 0.6 is 0 Å². The summed E-state index contributed by atoms with van der Waals surface area (Å²) < 4.78 is 42.1. The third kappa shape index (κ3) is 3.05. The van der Waals surface area contributed by atoms with Crippen LogP contribution in [0.4, 0.5) is 4.39 Å². The molecule has 1 fully saturated rings. The minimum absolute atomic E-state index is 0.0363. The number of halogens is 1. The Kier molecular flexibility index (Phi) is 4.56. The van der Waals surface area contributed by atoms with Crippen LogP contribution in [0.15, 0.2) is 24.3 Å². The molecular weight excluding hydrogens is 355 g/mol. The van der Waals surface area contributed by atoms with Crippen molar-refractivity contribution in [2.75, 3.05) is 18.8 Å². The third-order valence-electron chi connectivity index (χ3n) is 5.40. The lowest BCUT2D eigenvalue weighted by Crippen LogP contribution is -2.31. The number of nitrogens with zero attached hydrogens (tertiary/aromatic N) is 4. The summed E-state index contributed by atoms with van der Waals surface area (Å²) in [6.45, 7) is 2.91. The van der Waals surface area contributed by atoms with Crippen molar-refractivity contribution in [2.45, 2.75) is 38.6 Å². The first-order chi connectivity index (χ1) is 12.5.